The van der Waals surface area contributed by atoms with E-state index in [4.69, 9.17) is 0 Å². The van der Waals surface area contributed by atoms with Crippen LogP contribution in [0.25, 0.3) is 0 Å². The van der Waals surface area contributed by atoms with Crippen LogP contribution in [0.4, 0.5) is 0 Å². The van der Waals surface area contributed by atoms with E-state index in [0.717, 1.165) is 21.1 Å². The summed E-state index contributed by atoms with van der Waals surface area (Å²) in [7, 11) is 0. The summed E-state index contributed by atoms with van der Waals surface area (Å²) in [6, 6.07) is 16.3. The highest BCUT2D eigenvalue weighted by atomic mass is 127. The van der Waals surface area contributed by atoms with Crippen LogP contribution in [-0.4, -0.2) is 5.11 Å². The molecule has 100 valence electrons. The van der Waals surface area contributed by atoms with Crippen molar-refractivity contribution in [2.75, 3.05) is 0 Å². The summed E-state index contributed by atoms with van der Waals surface area (Å²) in [6.45, 7) is 4.43. The van der Waals surface area contributed by atoms with Crippen LogP contribution in [0.5, 0.6) is 0 Å². The average molecular weight is 366 g/mol. The first kappa shape index (κ1) is 14.5. The third-order valence-electron chi connectivity index (χ3n) is 3.10. The molecule has 2 heteroatoms. The van der Waals surface area contributed by atoms with Crippen molar-refractivity contribution in [2.24, 2.45) is 5.92 Å². The van der Waals surface area contributed by atoms with Gasteiger partial charge in [0.25, 0.3) is 0 Å². The maximum absolute atomic E-state index is 10.4. The molecule has 0 spiro atoms. The molecule has 0 saturated carbocycles. The third kappa shape index (κ3) is 4.05. The third-order valence-corrected chi connectivity index (χ3v) is 3.77. The molecule has 19 heavy (non-hydrogen) atoms. The van der Waals surface area contributed by atoms with Crippen LogP contribution in [0.1, 0.15) is 36.6 Å². The van der Waals surface area contributed by atoms with Gasteiger partial charge in [-0.15, -0.1) is 0 Å². The Kier molecular flexibility index (Phi) is 4.99. The quantitative estimate of drug-likeness (QED) is 0.786. The molecular weight excluding hydrogens is 347 g/mol. The van der Waals surface area contributed by atoms with E-state index in [1.165, 1.54) is 5.56 Å². The smallest absolute Gasteiger partial charge is 0.104 e. The van der Waals surface area contributed by atoms with Crippen LogP contribution >= 0.6 is 22.6 Å². The number of aliphatic hydroxyl groups is 1. The van der Waals surface area contributed by atoms with E-state index in [-0.39, 0.29) is 0 Å². The van der Waals surface area contributed by atoms with Crippen LogP contribution in [0.2, 0.25) is 0 Å². The van der Waals surface area contributed by atoms with Gasteiger partial charge in [-0.2, -0.15) is 0 Å². The van der Waals surface area contributed by atoms with Crippen LogP contribution in [0.3, 0.4) is 0 Å². The second-order valence-corrected chi connectivity index (χ2v) is 6.54. The van der Waals surface area contributed by atoms with E-state index >= 15 is 0 Å². The Bertz CT molecular complexity index is 531. The zero-order valence-corrected chi connectivity index (χ0v) is 13.5. The maximum Gasteiger partial charge on any atom is 0.104 e. The number of hydrogen-bond acceptors (Lipinski definition) is 1. The van der Waals surface area contributed by atoms with Crippen LogP contribution in [0, 0.1) is 9.49 Å². The van der Waals surface area contributed by atoms with Crippen molar-refractivity contribution in [2.45, 2.75) is 26.4 Å². The Morgan fingerprint density at radius 3 is 2.26 bits per heavy atom. The van der Waals surface area contributed by atoms with Gasteiger partial charge in [-0.1, -0.05) is 50.2 Å². The zero-order chi connectivity index (χ0) is 13.8. The number of hydrogen-bond donors (Lipinski definition) is 1. The van der Waals surface area contributed by atoms with E-state index in [2.05, 4.69) is 48.6 Å². The molecular formula is C17H19IO. The van der Waals surface area contributed by atoms with Gasteiger partial charge < -0.3 is 5.11 Å². The molecule has 1 nitrogen and oxygen atoms in total. The van der Waals surface area contributed by atoms with E-state index in [1.54, 1.807) is 0 Å². The van der Waals surface area contributed by atoms with Crippen molar-refractivity contribution in [3.63, 3.8) is 0 Å². The average Bonchev–Trinajstić information content (AvgIpc) is 2.38. The van der Waals surface area contributed by atoms with Crippen molar-refractivity contribution in [1.82, 2.24) is 0 Å². The molecule has 0 aliphatic carbocycles. The van der Waals surface area contributed by atoms with Crippen LogP contribution in [-0.2, 0) is 6.42 Å². The number of rotatable bonds is 4. The van der Waals surface area contributed by atoms with E-state index in [0.29, 0.717) is 5.92 Å². The standard InChI is InChI=1S/C17H19IO/c1-12(2)10-13-6-8-14(9-7-13)17(19)15-4-3-5-16(18)11-15/h3-9,11-12,17,19H,10H2,1-2H3. The van der Waals surface area contributed by atoms with Gasteiger partial charge in [0.15, 0.2) is 0 Å². The first-order valence-electron chi connectivity index (χ1n) is 6.58. The normalized spacial score (nSPS) is 12.7. The van der Waals surface area contributed by atoms with Gasteiger partial charge in [-0.3, -0.25) is 0 Å². The molecule has 2 aromatic carbocycles. The fraction of sp³-hybridized carbons (Fsp3) is 0.294. The summed E-state index contributed by atoms with van der Waals surface area (Å²) in [5.41, 5.74) is 3.23. The first-order valence-corrected chi connectivity index (χ1v) is 7.66. The minimum atomic E-state index is -0.539. The Morgan fingerprint density at radius 1 is 1.00 bits per heavy atom. The zero-order valence-electron chi connectivity index (χ0n) is 11.3. The van der Waals surface area contributed by atoms with E-state index in [9.17, 15) is 5.11 Å². The van der Waals surface area contributed by atoms with E-state index in [1.807, 2.05) is 36.4 Å². The predicted octanol–water partition coefficient (Wildman–Crippen LogP) is 4.57. The Hall–Kier alpha value is -0.870. The largest absolute Gasteiger partial charge is 0.384 e. The SMILES string of the molecule is CC(C)Cc1ccc(C(O)c2cccc(I)c2)cc1. The number of halogens is 1. The monoisotopic (exact) mass is 366 g/mol. The van der Waals surface area contributed by atoms with Gasteiger partial charge >= 0.3 is 0 Å². The number of aliphatic hydroxyl groups excluding tert-OH is 1. The first-order chi connectivity index (χ1) is 9.06. The predicted molar refractivity (Wildman–Crippen MR) is 88.2 cm³/mol. The summed E-state index contributed by atoms with van der Waals surface area (Å²) >= 11 is 2.27. The summed E-state index contributed by atoms with van der Waals surface area (Å²) in [5.74, 6) is 0.659. The van der Waals surface area contributed by atoms with Gasteiger partial charge in [0, 0.05) is 3.57 Å². The van der Waals surface area contributed by atoms with Gasteiger partial charge in [-0.05, 0) is 63.8 Å². The lowest BCUT2D eigenvalue weighted by molar-refractivity contribution is 0.220. The molecule has 0 aromatic heterocycles. The van der Waals surface area contributed by atoms with Crippen LogP contribution < -0.4 is 0 Å². The van der Waals surface area contributed by atoms with Crippen molar-refractivity contribution >= 4 is 22.6 Å². The molecule has 0 heterocycles. The molecule has 0 amide bonds. The maximum atomic E-state index is 10.4. The molecule has 0 fully saturated rings. The number of benzene rings is 2. The Morgan fingerprint density at radius 2 is 1.68 bits per heavy atom. The summed E-state index contributed by atoms with van der Waals surface area (Å²) < 4.78 is 1.14. The molecule has 0 aliphatic heterocycles. The minimum Gasteiger partial charge on any atom is -0.384 e. The summed E-state index contributed by atoms with van der Waals surface area (Å²) in [5, 5.41) is 10.4. The van der Waals surface area contributed by atoms with Gasteiger partial charge in [0.1, 0.15) is 6.10 Å². The molecule has 1 N–H and O–H groups in total. The van der Waals surface area contributed by atoms with Crippen molar-refractivity contribution < 1.29 is 5.11 Å². The van der Waals surface area contributed by atoms with E-state index < -0.39 is 6.10 Å². The lowest BCUT2D eigenvalue weighted by Crippen LogP contribution is -2.01. The highest BCUT2D eigenvalue weighted by Crippen LogP contribution is 2.24. The lowest BCUT2D eigenvalue weighted by Gasteiger charge is -2.13. The van der Waals surface area contributed by atoms with Crippen LogP contribution in [0.15, 0.2) is 48.5 Å². The Labute approximate surface area is 128 Å². The summed E-state index contributed by atoms with van der Waals surface area (Å²) in [6.07, 6.45) is 0.544. The lowest BCUT2D eigenvalue weighted by atomic mass is 9.97. The molecule has 1 atom stereocenters. The molecule has 2 rings (SSSR count). The van der Waals surface area contributed by atoms with Gasteiger partial charge in [0.2, 0.25) is 0 Å². The molecule has 0 radical (unpaired) electrons. The molecule has 0 saturated heterocycles. The van der Waals surface area contributed by atoms with Gasteiger partial charge in [0.05, 0.1) is 0 Å². The molecule has 2 aromatic rings. The van der Waals surface area contributed by atoms with Crippen molar-refractivity contribution in [1.29, 1.82) is 0 Å². The minimum absolute atomic E-state index is 0.539. The molecule has 0 bridgehead atoms. The van der Waals surface area contributed by atoms with Crippen molar-refractivity contribution in [3.8, 4) is 0 Å². The highest BCUT2D eigenvalue weighted by molar-refractivity contribution is 14.1. The van der Waals surface area contributed by atoms with Crippen molar-refractivity contribution in [3.05, 3.63) is 68.8 Å². The topological polar surface area (TPSA) is 20.2 Å². The Balaban J connectivity index is 2.17. The highest BCUT2D eigenvalue weighted by Gasteiger charge is 2.10. The fourth-order valence-corrected chi connectivity index (χ4v) is 2.74. The molecule has 1 unspecified atom stereocenters. The second kappa shape index (κ2) is 6.53. The second-order valence-electron chi connectivity index (χ2n) is 5.30. The fourth-order valence-electron chi connectivity index (χ4n) is 2.18. The molecule has 0 aliphatic rings. The van der Waals surface area contributed by atoms with Gasteiger partial charge in [-0.25, -0.2) is 0 Å². The summed E-state index contributed by atoms with van der Waals surface area (Å²) in [4.78, 5) is 0.